The molecule has 0 radical (unpaired) electrons. The average molecular weight is 436 g/mol. The van der Waals surface area contributed by atoms with Crippen molar-refractivity contribution in [3.8, 4) is 0 Å². The topological polar surface area (TPSA) is 104 Å². The predicted octanol–water partition coefficient (Wildman–Crippen LogP) is 4.24. The number of aliphatic hydroxyl groups excluding tert-OH is 1. The lowest BCUT2D eigenvalue weighted by Crippen LogP contribution is -2.49. The molecule has 1 aromatic heterocycles. The molecule has 0 bridgehead atoms. The molecule has 3 aromatic rings. The van der Waals surface area contributed by atoms with Crippen LogP contribution in [0.1, 0.15) is 61.6 Å². The van der Waals surface area contributed by atoms with Crippen molar-refractivity contribution in [3.05, 3.63) is 59.9 Å². The molecule has 0 spiro atoms. The Morgan fingerprint density at radius 1 is 1.06 bits per heavy atom. The largest absolute Gasteiger partial charge is 0.394 e. The van der Waals surface area contributed by atoms with Crippen molar-refractivity contribution in [2.24, 2.45) is 5.92 Å². The molecule has 0 saturated heterocycles. The zero-order chi connectivity index (χ0) is 22.7. The summed E-state index contributed by atoms with van der Waals surface area (Å²) >= 11 is 0. The first-order valence-electron chi connectivity index (χ1n) is 11.0. The van der Waals surface area contributed by atoms with Gasteiger partial charge in [-0.25, -0.2) is 0 Å². The van der Waals surface area contributed by atoms with Gasteiger partial charge in [-0.15, -0.1) is 0 Å². The Kier molecular flexibility index (Phi) is 6.28. The van der Waals surface area contributed by atoms with Gasteiger partial charge in [0.2, 0.25) is 11.7 Å². The molecule has 168 valence electrons. The standard InChI is InChI=1S/C25H29N3O4/c1-25(2,15-29)27-23(30)18-9-7-16(8-10-18)17-11-13-19(14-12-17)26-24(31)22-20-5-3-4-6-21(20)28-32-22/h3-6,11-14,16,18,29H,7-10,15H2,1-2H3,(H,26,31)(H,27,30)/t16-,18+. The number of fused-ring (bicyclic) bond motifs is 1. The first kappa shape index (κ1) is 22.0. The molecule has 1 fully saturated rings. The van der Waals surface area contributed by atoms with Crippen LogP contribution in [-0.2, 0) is 4.79 Å². The molecule has 2 amide bonds. The van der Waals surface area contributed by atoms with Crippen molar-refractivity contribution in [1.82, 2.24) is 10.5 Å². The van der Waals surface area contributed by atoms with Crippen LogP contribution < -0.4 is 10.6 Å². The zero-order valence-corrected chi connectivity index (χ0v) is 18.4. The number of nitrogens with one attached hydrogen (secondary N) is 2. The van der Waals surface area contributed by atoms with Crippen LogP contribution in [0.5, 0.6) is 0 Å². The third-order valence-electron chi connectivity index (χ3n) is 6.18. The van der Waals surface area contributed by atoms with Gasteiger partial charge in [0.05, 0.1) is 17.5 Å². The van der Waals surface area contributed by atoms with E-state index in [1.165, 1.54) is 5.56 Å². The van der Waals surface area contributed by atoms with E-state index in [1.54, 1.807) is 6.07 Å². The second-order valence-electron chi connectivity index (χ2n) is 9.18. The maximum Gasteiger partial charge on any atom is 0.294 e. The van der Waals surface area contributed by atoms with Crippen LogP contribution in [0, 0.1) is 5.92 Å². The van der Waals surface area contributed by atoms with Crippen LogP contribution >= 0.6 is 0 Å². The van der Waals surface area contributed by atoms with Crippen LogP contribution in [-0.4, -0.2) is 34.2 Å². The lowest BCUT2D eigenvalue weighted by atomic mass is 9.78. The van der Waals surface area contributed by atoms with Crippen molar-refractivity contribution in [1.29, 1.82) is 0 Å². The van der Waals surface area contributed by atoms with Crippen LogP contribution in [0.15, 0.2) is 53.1 Å². The number of anilines is 1. The van der Waals surface area contributed by atoms with Crippen molar-refractivity contribution >= 4 is 28.4 Å². The molecule has 1 aliphatic rings. The average Bonchev–Trinajstić information content (AvgIpc) is 3.24. The van der Waals surface area contributed by atoms with Crippen molar-refractivity contribution in [2.75, 3.05) is 11.9 Å². The first-order valence-corrected chi connectivity index (χ1v) is 11.0. The fourth-order valence-electron chi connectivity index (χ4n) is 4.24. The van der Waals surface area contributed by atoms with E-state index in [0.717, 1.165) is 25.7 Å². The van der Waals surface area contributed by atoms with E-state index in [4.69, 9.17) is 4.52 Å². The number of hydrogen-bond donors (Lipinski definition) is 3. The lowest BCUT2D eigenvalue weighted by molar-refractivity contribution is -0.128. The number of nitrogens with zero attached hydrogens (tertiary/aromatic N) is 1. The van der Waals surface area contributed by atoms with Gasteiger partial charge in [0.1, 0.15) is 5.52 Å². The number of carbonyl (C=O) groups excluding carboxylic acids is 2. The van der Waals surface area contributed by atoms with Crippen LogP contribution in [0.3, 0.4) is 0 Å². The van der Waals surface area contributed by atoms with Gasteiger partial charge in [-0.2, -0.15) is 0 Å². The second kappa shape index (κ2) is 9.12. The normalized spacial score (nSPS) is 19.0. The van der Waals surface area contributed by atoms with Gasteiger partial charge in [0.25, 0.3) is 5.91 Å². The van der Waals surface area contributed by atoms with Gasteiger partial charge in [-0.05, 0) is 75.3 Å². The van der Waals surface area contributed by atoms with E-state index in [-0.39, 0.29) is 30.1 Å². The zero-order valence-electron chi connectivity index (χ0n) is 18.4. The van der Waals surface area contributed by atoms with E-state index >= 15 is 0 Å². The summed E-state index contributed by atoms with van der Waals surface area (Å²) in [6.45, 7) is 3.56. The second-order valence-corrected chi connectivity index (χ2v) is 9.18. The molecule has 4 rings (SSSR count). The Morgan fingerprint density at radius 3 is 2.44 bits per heavy atom. The Bertz CT molecular complexity index is 1100. The third kappa shape index (κ3) is 4.83. The van der Waals surface area contributed by atoms with E-state index in [2.05, 4.69) is 15.8 Å². The molecule has 1 aliphatic carbocycles. The van der Waals surface area contributed by atoms with E-state index in [1.807, 2.05) is 56.3 Å². The molecular formula is C25H29N3O4. The quantitative estimate of drug-likeness (QED) is 0.537. The number of carbonyl (C=O) groups is 2. The summed E-state index contributed by atoms with van der Waals surface area (Å²) in [6.07, 6.45) is 3.53. The monoisotopic (exact) mass is 435 g/mol. The minimum Gasteiger partial charge on any atom is -0.394 e. The van der Waals surface area contributed by atoms with Gasteiger partial charge < -0.3 is 20.3 Å². The van der Waals surface area contributed by atoms with Crippen LogP contribution in [0.4, 0.5) is 5.69 Å². The summed E-state index contributed by atoms with van der Waals surface area (Å²) in [7, 11) is 0. The Labute approximate surface area is 187 Å². The number of benzene rings is 2. The van der Waals surface area contributed by atoms with Crippen molar-refractivity contribution in [2.45, 2.75) is 51.0 Å². The van der Waals surface area contributed by atoms with Crippen LogP contribution in [0.2, 0.25) is 0 Å². The predicted molar refractivity (Wildman–Crippen MR) is 122 cm³/mol. The van der Waals surface area contributed by atoms with Crippen molar-refractivity contribution in [3.63, 3.8) is 0 Å². The molecule has 7 nitrogen and oxygen atoms in total. The summed E-state index contributed by atoms with van der Waals surface area (Å²) in [5, 5.41) is 19.8. The minimum atomic E-state index is -0.591. The summed E-state index contributed by atoms with van der Waals surface area (Å²) in [5.41, 5.74) is 1.96. The summed E-state index contributed by atoms with van der Waals surface area (Å²) in [4.78, 5) is 25.1. The summed E-state index contributed by atoms with van der Waals surface area (Å²) in [6, 6.07) is 15.2. The number of amides is 2. The van der Waals surface area contributed by atoms with E-state index < -0.39 is 5.54 Å². The molecule has 0 atom stereocenters. The van der Waals surface area contributed by atoms with E-state index in [9.17, 15) is 14.7 Å². The maximum atomic E-state index is 12.6. The number of aromatic nitrogens is 1. The molecule has 2 aromatic carbocycles. The fraction of sp³-hybridized carbons (Fsp3) is 0.400. The van der Waals surface area contributed by atoms with Gasteiger partial charge in [-0.1, -0.05) is 29.4 Å². The SMILES string of the molecule is CC(C)(CO)NC(=O)[C@H]1CC[C@@H](c2ccc(NC(=O)c3onc4ccccc34)cc2)CC1. The Balaban J connectivity index is 1.33. The smallest absolute Gasteiger partial charge is 0.294 e. The van der Waals surface area contributed by atoms with Crippen LogP contribution in [0.25, 0.3) is 10.9 Å². The highest BCUT2D eigenvalue weighted by Crippen LogP contribution is 2.36. The Morgan fingerprint density at radius 2 is 1.75 bits per heavy atom. The first-order chi connectivity index (χ1) is 15.4. The molecule has 3 N–H and O–H groups in total. The third-order valence-corrected chi connectivity index (χ3v) is 6.18. The minimum absolute atomic E-state index is 0.00707. The van der Waals surface area contributed by atoms with Crippen molar-refractivity contribution < 1.29 is 19.2 Å². The number of hydrogen-bond acceptors (Lipinski definition) is 5. The number of rotatable bonds is 6. The highest BCUT2D eigenvalue weighted by atomic mass is 16.5. The molecule has 1 heterocycles. The highest BCUT2D eigenvalue weighted by Gasteiger charge is 2.30. The molecular weight excluding hydrogens is 406 g/mol. The summed E-state index contributed by atoms with van der Waals surface area (Å²) in [5.74, 6) is 0.287. The fourth-order valence-corrected chi connectivity index (χ4v) is 4.24. The number of aliphatic hydroxyl groups is 1. The molecule has 7 heteroatoms. The molecule has 32 heavy (non-hydrogen) atoms. The maximum absolute atomic E-state index is 12.6. The summed E-state index contributed by atoms with van der Waals surface area (Å²) < 4.78 is 5.23. The highest BCUT2D eigenvalue weighted by molar-refractivity contribution is 6.10. The van der Waals surface area contributed by atoms with Gasteiger partial charge in [0.15, 0.2) is 0 Å². The Hall–Kier alpha value is -3.19. The molecule has 1 saturated carbocycles. The van der Waals surface area contributed by atoms with Gasteiger partial charge in [-0.3, -0.25) is 9.59 Å². The van der Waals surface area contributed by atoms with E-state index in [0.29, 0.717) is 22.5 Å². The van der Waals surface area contributed by atoms with Gasteiger partial charge in [0, 0.05) is 11.6 Å². The van der Waals surface area contributed by atoms with Gasteiger partial charge >= 0.3 is 0 Å². The molecule has 0 aliphatic heterocycles. The lowest BCUT2D eigenvalue weighted by Gasteiger charge is -2.31. The molecule has 0 unspecified atom stereocenters.